The first kappa shape index (κ1) is 19.3. The molecule has 7 heteroatoms. The zero-order chi connectivity index (χ0) is 18.9. The van der Waals surface area contributed by atoms with E-state index in [-0.39, 0.29) is 5.91 Å². The Morgan fingerprint density at radius 3 is 2.59 bits per heavy atom. The molecule has 7 nitrogen and oxygen atoms in total. The zero-order valence-electron chi connectivity index (χ0n) is 16.1. The van der Waals surface area contributed by atoms with Crippen molar-refractivity contribution in [3.63, 3.8) is 0 Å². The number of anilines is 1. The summed E-state index contributed by atoms with van der Waals surface area (Å²) in [4.78, 5) is 16.2. The largest absolute Gasteiger partial charge is 0.490 e. The molecular weight excluding hydrogens is 344 g/mol. The molecule has 0 bridgehead atoms. The van der Waals surface area contributed by atoms with Crippen LogP contribution in [-0.2, 0) is 4.79 Å². The first-order valence-corrected chi connectivity index (χ1v) is 9.88. The highest BCUT2D eigenvalue weighted by molar-refractivity contribution is 5.93. The Balaban J connectivity index is 1.40. The van der Waals surface area contributed by atoms with Gasteiger partial charge in [0, 0.05) is 44.7 Å². The van der Waals surface area contributed by atoms with Crippen LogP contribution in [0.1, 0.15) is 38.5 Å². The Hall–Kier alpha value is -2.44. The Bertz CT molecular complexity index is 657. The van der Waals surface area contributed by atoms with Crippen molar-refractivity contribution in [2.45, 2.75) is 38.5 Å². The third kappa shape index (κ3) is 6.05. The number of rotatable bonds is 6. The minimum absolute atomic E-state index is 0.148. The second kappa shape index (κ2) is 10.0. The highest BCUT2D eigenvalue weighted by Crippen LogP contribution is 2.32. The second-order valence-electron chi connectivity index (χ2n) is 7.04. The summed E-state index contributed by atoms with van der Waals surface area (Å²) in [6.07, 6.45) is 6.45. The highest BCUT2D eigenvalue weighted by Gasteiger charge is 2.18. The van der Waals surface area contributed by atoms with Crippen molar-refractivity contribution in [3.05, 3.63) is 18.2 Å². The summed E-state index contributed by atoms with van der Waals surface area (Å²) in [6, 6.07) is 5.75. The van der Waals surface area contributed by atoms with E-state index >= 15 is 0 Å². The first-order chi connectivity index (χ1) is 13.2. The molecule has 1 aromatic rings. The molecule has 0 saturated heterocycles. The fourth-order valence-electron chi connectivity index (χ4n) is 3.49. The van der Waals surface area contributed by atoms with Crippen LogP contribution >= 0.6 is 0 Å². The third-order valence-electron chi connectivity index (χ3n) is 4.92. The van der Waals surface area contributed by atoms with E-state index in [1.807, 2.05) is 18.2 Å². The van der Waals surface area contributed by atoms with Gasteiger partial charge in [-0.2, -0.15) is 0 Å². The Kier molecular flexibility index (Phi) is 7.19. The van der Waals surface area contributed by atoms with Gasteiger partial charge < -0.3 is 25.4 Å². The van der Waals surface area contributed by atoms with E-state index in [1.54, 1.807) is 7.05 Å². The van der Waals surface area contributed by atoms with Crippen LogP contribution in [-0.4, -0.2) is 45.2 Å². The summed E-state index contributed by atoms with van der Waals surface area (Å²) >= 11 is 0. The maximum Gasteiger partial charge on any atom is 0.220 e. The molecule has 0 radical (unpaired) electrons. The normalized spacial score (nSPS) is 17.3. The maximum absolute atomic E-state index is 12.0. The Labute approximate surface area is 160 Å². The van der Waals surface area contributed by atoms with Gasteiger partial charge in [0.1, 0.15) is 0 Å². The molecule has 2 aliphatic rings. The quantitative estimate of drug-likeness (QED) is 0.405. The molecule has 0 aromatic heterocycles. The Morgan fingerprint density at radius 1 is 1.07 bits per heavy atom. The van der Waals surface area contributed by atoms with Crippen molar-refractivity contribution < 1.29 is 14.3 Å². The lowest BCUT2D eigenvalue weighted by atomic mass is 10.0. The summed E-state index contributed by atoms with van der Waals surface area (Å²) in [5.74, 6) is 2.88. The maximum atomic E-state index is 12.0. The van der Waals surface area contributed by atoms with Gasteiger partial charge in [-0.1, -0.05) is 12.8 Å². The smallest absolute Gasteiger partial charge is 0.220 e. The SMILES string of the molecule is CN=C(NCCNC(=O)CC1CCCC1)Nc1ccc2c(c1)OCCCO2. The molecule has 0 unspecified atom stereocenters. The van der Waals surface area contributed by atoms with Crippen molar-refractivity contribution in [3.8, 4) is 11.5 Å². The Morgan fingerprint density at radius 2 is 1.81 bits per heavy atom. The number of ether oxygens (including phenoxy) is 2. The first-order valence-electron chi connectivity index (χ1n) is 9.88. The predicted octanol–water partition coefficient (Wildman–Crippen LogP) is 2.53. The summed E-state index contributed by atoms with van der Waals surface area (Å²) in [5, 5.41) is 9.43. The minimum atomic E-state index is 0.148. The van der Waals surface area contributed by atoms with Gasteiger partial charge in [0.2, 0.25) is 5.91 Å². The van der Waals surface area contributed by atoms with Crippen molar-refractivity contribution in [2.24, 2.45) is 10.9 Å². The van der Waals surface area contributed by atoms with Gasteiger partial charge in [-0.25, -0.2) is 0 Å². The summed E-state index contributed by atoms with van der Waals surface area (Å²) in [6.45, 7) is 2.52. The summed E-state index contributed by atoms with van der Waals surface area (Å²) < 4.78 is 11.4. The number of fused-ring (bicyclic) bond motifs is 1. The lowest BCUT2D eigenvalue weighted by Gasteiger charge is -2.14. The summed E-state index contributed by atoms with van der Waals surface area (Å²) in [5.41, 5.74) is 0.873. The lowest BCUT2D eigenvalue weighted by molar-refractivity contribution is -0.121. The molecule has 1 aliphatic carbocycles. The number of guanidine groups is 1. The number of nitrogens with zero attached hydrogens (tertiary/aromatic N) is 1. The number of carbonyl (C=O) groups excluding carboxylic acids is 1. The van der Waals surface area contributed by atoms with Gasteiger partial charge in [-0.15, -0.1) is 0 Å². The molecule has 0 spiro atoms. The van der Waals surface area contributed by atoms with Crippen molar-refractivity contribution in [2.75, 3.05) is 38.7 Å². The van der Waals surface area contributed by atoms with Gasteiger partial charge in [0.25, 0.3) is 0 Å². The highest BCUT2D eigenvalue weighted by atomic mass is 16.5. The average Bonchev–Trinajstić information content (AvgIpc) is 3.07. The van der Waals surface area contributed by atoms with Crippen LogP contribution in [0.15, 0.2) is 23.2 Å². The van der Waals surface area contributed by atoms with E-state index in [2.05, 4.69) is 20.9 Å². The van der Waals surface area contributed by atoms with Crippen molar-refractivity contribution in [1.82, 2.24) is 10.6 Å². The number of nitrogens with one attached hydrogen (secondary N) is 3. The molecule has 1 amide bonds. The van der Waals surface area contributed by atoms with Crippen LogP contribution in [0.3, 0.4) is 0 Å². The monoisotopic (exact) mass is 374 g/mol. The molecule has 148 valence electrons. The molecule has 1 saturated carbocycles. The number of amides is 1. The van der Waals surface area contributed by atoms with Gasteiger partial charge in [0.05, 0.1) is 13.2 Å². The van der Waals surface area contributed by atoms with Crippen LogP contribution in [0.4, 0.5) is 5.69 Å². The van der Waals surface area contributed by atoms with Gasteiger partial charge in [-0.3, -0.25) is 9.79 Å². The number of hydrogen-bond donors (Lipinski definition) is 3. The topological polar surface area (TPSA) is 84.0 Å². The molecule has 1 aliphatic heterocycles. The molecule has 1 fully saturated rings. The van der Waals surface area contributed by atoms with Gasteiger partial charge in [-0.05, 0) is 30.9 Å². The lowest BCUT2D eigenvalue weighted by Crippen LogP contribution is -2.38. The number of carbonyl (C=O) groups is 1. The molecule has 3 N–H and O–H groups in total. The fraction of sp³-hybridized carbons (Fsp3) is 0.600. The number of aliphatic imine (C=N–C) groups is 1. The fourth-order valence-corrected chi connectivity index (χ4v) is 3.49. The van der Waals surface area contributed by atoms with E-state index in [9.17, 15) is 4.79 Å². The van der Waals surface area contributed by atoms with Gasteiger partial charge >= 0.3 is 0 Å². The van der Waals surface area contributed by atoms with Crippen molar-refractivity contribution >= 4 is 17.6 Å². The zero-order valence-corrected chi connectivity index (χ0v) is 16.1. The van der Waals surface area contributed by atoms with Crippen molar-refractivity contribution in [1.29, 1.82) is 0 Å². The minimum Gasteiger partial charge on any atom is -0.490 e. The number of hydrogen-bond acceptors (Lipinski definition) is 4. The van der Waals surface area contributed by atoms with Crippen LogP contribution in [0.2, 0.25) is 0 Å². The molecule has 3 rings (SSSR count). The number of benzene rings is 1. The van der Waals surface area contributed by atoms with E-state index in [0.29, 0.717) is 44.6 Å². The molecule has 27 heavy (non-hydrogen) atoms. The second-order valence-corrected chi connectivity index (χ2v) is 7.04. The predicted molar refractivity (Wildman–Crippen MR) is 107 cm³/mol. The molecule has 0 atom stereocenters. The van der Waals surface area contributed by atoms with Crippen LogP contribution < -0.4 is 25.4 Å². The van der Waals surface area contributed by atoms with E-state index in [1.165, 1.54) is 25.7 Å². The standard InChI is InChI=1S/C20H30N4O3/c1-21-20(23-10-9-22-19(25)13-15-5-2-3-6-15)24-16-7-8-17-18(14-16)27-12-4-11-26-17/h7-8,14-15H,2-6,9-13H2,1H3,(H,22,25)(H2,21,23,24). The van der Waals surface area contributed by atoms with Gasteiger partial charge in [0.15, 0.2) is 17.5 Å². The van der Waals surface area contributed by atoms with E-state index < -0.39 is 0 Å². The molecule has 1 heterocycles. The summed E-state index contributed by atoms with van der Waals surface area (Å²) in [7, 11) is 1.72. The van der Waals surface area contributed by atoms with E-state index in [4.69, 9.17) is 9.47 Å². The van der Waals surface area contributed by atoms with E-state index in [0.717, 1.165) is 23.6 Å². The van der Waals surface area contributed by atoms with Crippen LogP contribution in [0.25, 0.3) is 0 Å². The van der Waals surface area contributed by atoms with Crippen LogP contribution in [0.5, 0.6) is 11.5 Å². The van der Waals surface area contributed by atoms with Crippen LogP contribution in [0, 0.1) is 5.92 Å². The third-order valence-corrected chi connectivity index (χ3v) is 4.92. The molecular formula is C20H30N4O3. The molecule has 1 aromatic carbocycles. The average molecular weight is 374 g/mol.